The lowest BCUT2D eigenvalue weighted by atomic mass is 10.2. The van der Waals surface area contributed by atoms with Gasteiger partial charge in [-0.1, -0.05) is 31.9 Å². The molecule has 0 aromatic carbocycles. The van der Waals surface area contributed by atoms with Gasteiger partial charge in [-0.2, -0.15) is 0 Å². The molecule has 0 aliphatic carbocycles. The Labute approximate surface area is 130 Å². The van der Waals surface area contributed by atoms with Crippen LogP contribution in [0.2, 0.25) is 0 Å². The summed E-state index contributed by atoms with van der Waals surface area (Å²) in [6, 6.07) is -0.332. The number of hydrogen-bond acceptors (Lipinski definition) is 4. The van der Waals surface area contributed by atoms with E-state index in [2.05, 4.69) is 23.8 Å². The van der Waals surface area contributed by atoms with Gasteiger partial charge in [0.2, 0.25) is 0 Å². The van der Waals surface area contributed by atoms with Crippen LogP contribution in [0.5, 0.6) is 0 Å². The van der Waals surface area contributed by atoms with Crippen LogP contribution in [0.25, 0.3) is 0 Å². The second-order valence-electron chi connectivity index (χ2n) is 4.75. The average molecular weight is 305 g/mol. The zero-order valence-corrected chi connectivity index (χ0v) is 13.0. The van der Waals surface area contributed by atoms with Gasteiger partial charge >= 0.3 is 12.0 Å². The number of unbranched alkanes of at least 4 members (excludes halogenated alkanes) is 2. The molecule has 1 aromatic rings. The predicted molar refractivity (Wildman–Crippen MR) is 84.2 cm³/mol. The molecule has 0 fully saturated rings. The molecule has 6 nitrogen and oxygen atoms in total. The molecular weight excluding hydrogens is 282 g/mol. The van der Waals surface area contributed by atoms with Gasteiger partial charge < -0.3 is 10.1 Å². The Hall–Kier alpha value is -2.37. The van der Waals surface area contributed by atoms with Gasteiger partial charge in [-0.3, -0.25) is 9.36 Å². The molecule has 1 heterocycles. The van der Waals surface area contributed by atoms with Crippen LogP contribution in [0.3, 0.4) is 0 Å². The maximum Gasteiger partial charge on any atom is 0.330 e. The maximum atomic E-state index is 11.9. The van der Waals surface area contributed by atoms with E-state index in [0.29, 0.717) is 18.7 Å². The summed E-state index contributed by atoms with van der Waals surface area (Å²) in [7, 11) is 0. The van der Waals surface area contributed by atoms with Crippen molar-refractivity contribution in [1.29, 1.82) is 0 Å². The summed E-state index contributed by atoms with van der Waals surface area (Å²) in [5.41, 5.74) is 0.610. The summed E-state index contributed by atoms with van der Waals surface area (Å²) in [6.45, 7) is 6.18. The average Bonchev–Trinajstić information content (AvgIpc) is 3.04. The summed E-state index contributed by atoms with van der Waals surface area (Å²) in [4.78, 5) is 27.3. The molecule has 0 saturated carbocycles. The van der Waals surface area contributed by atoms with E-state index in [1.807, 2.05) is 0 Å². The van der Waals surface area contributed by atoms with Crippen molar-refractivity contribution in [3.05, 3.63) is 43.1 Å². The zero-order chi connectivity index (χ0) is 16.2. The standard InChI is InChI=1S/C16H23N3O3/c1-3-5-6-12-22-15(20)9-8-14(7-4-2)18-16(21)19-11-10-17-13-19/h4,8,10-11,13H,2-3,5-7,9,12H2,1H3,(H,18,21). The van der Waals surface area contributed by atoms with E-state index in [0.717, 1.165) is 19.3 Å². The molecule has 0 saturated heterocycles. The fraction of sp³-hybridized carbons (Fsp3) is 0.438. The molecule has 22 heavy (non-hydrogen) atoms. The van der Waals surface area contributed by atoms with Crippen molar-refractivity contribution in [3.8, 4) is 0 Å². The minimum absolute atomic E-state index is 0.125. The van der Waals surface area contributed by atoms with Gasteiger partial charge in [0.25, 0.3) is 0 Å². The highest BCUT2D eigenvalue weighted by Gasteiger charge is 2.07. The number of carbonyl (C=O) groups excluding carboxylic acids is 2. The smallest absolute Gasteiger partial charge is 0.330 e. The normalized spacial score (nSPS) is 11.0. The Kier molecular flexibility index (Phi) is 8.33. The monoisotopic (exact) mass is 305 g/mol. The zero-order valence-electron chi connectivity index (χ0n) is 13.0. The molecule has 0 atom stereocenters. The van der Waals surface area contributed by atoms with Gasteiger partial charge in [0.1, 0.15) is 6.33 Å². The number of ether oxygens (including phenoxy) is 1. The number of carbonyl (C=O) groups is 2. The molecule has 1 aromatic heterocycles. The first-order valence-corrected chi connectivity index (χ1v) is 7.42. The minimum atomic E-state index is -0.332. The molecule has 0 aliphatic rings. The van der Waals surface area contributed by atoms with Crippen LogP contribution in [0.1, 0.15) is 39.0 Å². The highest BCUT2D eigenvalue weighted by molar-refractivity contribution is 5.78. The van der Waals surface area contributed by atoms with Crippen molar-refractivity contribution in [1.82, 2.24) is 14.9 Å². The van der Waals surface area contributed by atoms with E-state index in [9.17, 15) is 9.59 Å². The minimum Gasteiger partial charge on any atom is -0.465 e. The summed E-state index contributed by atoms with van der Waals surface area (Å²) in [5, 5.41) is 2.72. The second kappa shape index (κ2) is 10.4. The molecule has 0 bridgehead atoms. The van der Waals surface area contributed by atoms with E-state index in [-0.39, 0.29) is 18.4 Å². The van der Waals surface area contributed by atoms with Gasteiger partial charge in [0.15, 0.2) is 0 Å². The van der Waals surface area contributed by atoms with Gasteiger partial charge in [-0.25, -0.2) is 9.78 Å². The van der Waals surface area contributed by atoms with Gasteiger partial charge in [0.05, 0.1) is 13.0 Å². The van der Waals surface area contributed by atoms with Gasteiger partial charge in [-0.05, 0) is 6.42 Å². The van der Waals surface area contributed by atoms with Crippen molar-refractivity contribution < 1.29 is 14.3 Å². The number of rotatable bonds is 9. The Bertz CT molecular complexity index is 507. The molecule has 1 amide bonds. The summed E-state index contributed by atoms with van der Waals surface area (Å²) in [6.07, 6.45) is 11.4. The van der Waals surface area contributed by atoms with Crippen molar-refractivity contribution >= 4 is 12.0 Å². The Balaban J connectivity index is 2.46. The van der Waals surface area contributed by atoms with Crippen molar-refractivity contribution in [2.45, 2.75) is 39.0 Å². The van der Waals surface area contributed by atoms with Crippen LogP contribution in [-0.4, -0.2) is 28.2 Å². The SMILES string of the molecule is C=CCC(=CCC(=O)OCCCCC)NC(=O)n1ccnc1. The van der Waals surface area contributed by atoms with Crippen molar-refractivity contribution in [2.75, 3.05) is 6.61 Å². The van der Waals surface area contributed by atoms with E-state index in [1.54, 1.807) is 18.3 Å². The highest BCUT2D eigenvalue weighted by Crippen LogP contribution is 2.03. The molecule has 120 valence electrons. The maximum absolute atomic E-state index is 11.9. The van der Waals surface area contributed by atoms with Crippen molar-refractivity contribution in [2.24, 2.45) is 0 Å². The number of hydrogen-bond donors (Lipinski definition) is 1. The van der Waals surface area contributed by atoms with E-state index >= 15 is 0 Å². The van der Waals surface area contributed by atoms with Gasteiger partial charge in [-0.15, -0.1) is 6.58 Å². The first kappa shape index (κ1) is 17.7. The van der Waals surface area contributed by atoms with Crippen LogP contribution >= 0.6 is 0 Å². The van der Waals surface area contributed by atoms with Crippen LogP contribution < -0.4 is 5.32 Å². The number of nitrogens with one attached hydrogen (secondary N) is 1. The van der Waals surface area contributed by atoms with Crippen LogP contribution in [0.15, 0.2) is 43.1 Å². The molecule has 0 radical (unpaired) electrons. The topological polar surface area (TPSA) is 73.2 Å². The summed E-state index contributed by atoms with van der Waals surface area (Å²) in [5.74, 6) is -0.297. The first-order valence-electron chi connectivity index (χ1n) is 7.42. The lowest BCUT2D eigenvalue weighted by Gasteiger charge is -2.08. The quantitative estimate of drug-likeness (QED) is 0.432. The Morgan fingerprint density at radius 1 is 1.36 bits per heavy atom. The van der Waals surface area contributed by atoms with E-state index < -0.39 is 0 Å². The van der Waals surface area contributed by atoms with Crippen LogP contribution in [-0.2, 0) is 9.53 Å². The fourth-order valence-electron chi connectivity index (χ4n) is 1.73. The largest absolute Gasteiger partial charge is 0.465 e. The molecule has 6 heteroatoms. The number of aromatic nitrogens is 2. The third-order valence-electron chi connectivity index (χ3n) is 2.90. The van der Waals surface area contributed by atoms with Crippen molar-refractivity contribution in [3.63, 3.8) is 0 Å². The molecule has 0 unspecified atom stereocenters. The Morgan fingerprint density at radius 2 is 2.18 bits per heavy atom. The molecule has 0 spiro atoms. The molecular formula is C16H23N3O3. The van der Waals surface area contributed by atoms with Gasteiger partial charge in [0, 0.05) is 24.5 Å². The van der Waals surface area contributed by atoms with Crippen LogP contribution in [0, 0.1) is 0 Å². The first-order chi connectivity index (χ1) is 10.7. The molecule has 1 rings (SSSR count). The summed E-state index contributed by atoms with van der Waals surface area (Å²) >= 11 is 0. The number of amides is 1. The third kappa shape index (κ3) is 6.88. The lowest BCUT2D eigenvalue weighted by Crippen LogP contribution is -2.27. The molecule has 0 aliphatic heterocycles. The third-order valence-corrected chi connectivity index (χ3v) is 2.90. The molecule has 1 N–H and O–H groups in total. The fourth-order valence-corrected chi connectivity index (χ4v) is 1.73. The number of imidazole rings is 1. The van der Waals surface area contributed by atoms with E-state index in [1.165, 1.54) is 17.1 Å². The van der Waals surface area contributed by atoms with Crippen LogP contribution in [0.4, 0.5) is 4.79 Å². The number of allylic oxidation sites excluding steroid dienone is 1. The van der Waals surface area contributed by atoms with E-state index in [4.69, 9.17) is 4.74 Å². The number of esters is 1. The lowest BCUT2D eigenvalue weighted by molar-refractivity contribution is -0.142. The predicted octanol–water partition coefficient (Wildman–Crippen LogP) is 3.02. The highest BCUT2D eigenvalue weighted by atomic mass is 16.5. The summed E-state index contributed by atoms with van der Waals surface area (Å²) < 4.78 is 6.43. The second-order valence-corrected chi connectivity index (χ2v) is 4.75. The Morgan fingerprint density at radius 3 is 2.82 bits per heavy atom. The number of nitrogens with zero attached hydrogens (tertiary/aromatic N) is 2.